The summed E-state index contributed by atoms with van der Waals surface area (Å²) in [6.45, 7) is 2.26. The van der Waals surface area contributed by atoms with Crippen LogP contribution >= 0.6 is 0 Å². The smallest absolute Gasteiger partial charge is 0.127 e. The Morgan fingerprint density at radius 2 is 1.78 bits per heavy atom. The minimum Gasteiger partial charge on any atom is -0.457 e. The third-order valence-electron chi connectivity index (χ3n) is 5.91. The van der Waals surface area contributed by atoms with Gasteiger partial charge >= 0.3 is 0 Å². The molecule has 1 saturated carbocycles. The van der Waals surface area contributed by atoms with E-state index in [1.807, 2.05) is 54.2 Å². The summed E-state index contributed by atoms with van der Waals surface area (Å²) in [6, 6.07) is 18.9. The van der Waals surface area contributed by atoms with Crippen LogP contribution in [0.1, 0.15) is 24.8 Å². The number of likely N-dealkylation sites (tertiary alicyclic amines) is 1. The van der Waals surface area contributed by atoms with Crippen LogP contribution in [-0.4, -0.2) is 27.3 Å². The van der Waals surface area contributed by atoms with Crippen LogP contribution in [0.25, 0.3) is 11.3 Å². The minimum atomic E-state index is 0.782. The van der Waals surface area contributed by atoms with Gasteiger partial charge in [0.1, 0.15) is 11.5 Å². The van der Waals surface area contributed by atoms with Crippen LogP contribution in [0.4, 0.5) is 0 Å². The molecule has 0 amide bonds. The van der Waals surface area contributed by atoms with Gasteiger partial charge in [-0.15, -0.1) is 0 Å². The first kappa shape index (κ1) is 16.6. The van der Waals surface area contributed by atoms with E-state index >= 15 is 0 Å². The van der Waals surface area contributed by atoms with E-state index in [1.54, 1.807) is 0 Å². The van der Waals surface area contributed by atoms with Gasteiger partial charge in [-0.05, 0) is 61.6 Å². The van der Waals surface area contributed by atoms with Crippen LogP contribution in [0.5, 0.6) is 11.5 Å². The van der Waals surface area contributed by atoms with Crippen molar-refractivity contribution in [2.45, 2.75) is 31.8 Å². The molecule has 4 heteroatoms. The highest BCUT2D eigenvalue weighted by molar-refractivity contribution is 5.63. The van der Waals surface area contributed by atoms with Crippen LogP contribution in [0.15, 0.2) is 60.8 Å². The zero-order valence-corrected chi connectivity index (χ0v) is 15.7. The molecule has 27 heavy (non-hydrogen) atoms. The maximum Gasteiger partial charge on any atom is 0.127 e. The van der Waals surface area contributed by atoms with Crippen LogP contribution in [-0.2, 0) is 13.6 Å². The van der Waals surface area contributed by atoms with Gasteiger partial charge in [0.15, 0.2) is 0 Å². The number of hydrogen-bond acceptors (Lipinski definition) is 3. The van der Waals surface area contributed by atoms with Crippen LogP contribution < -0.4 is 4.74 Å². The Morgan fingerprint density at radius 1 is 1.00 bits per heavy atom. The molecule has 2 aliphatic rings. The Morgan fingerprint density at radius 3 is 2.48 bits per heavy atom. The van der Waals surface area contributed by atoms with Gasteiger partial charge in [-0.1, -0.05) is 18.2 Å². The van der Waals surface area contributed by atoms with Crippen molar-refractivity contribution in [3.63, 3.8) is 0 Å². The molecule has 4 nitrogen and oxygen atoms in total. The van der Waals surface area contributed by atoms with E-state index in [0.29, 0.717) is 0 Å². The van der Waals surface area contributed by atoms with Gasteiger partial charge in [-0.3, -0.25) is 9.58 Å². The number of piperidine rings is 1. The lowest BCUT2D eigenvalue weighted by Crippen LogP contribution is -2.31. The third kappa shape index (κ3) is 3.37. The Kier molecular flexibility index (Phi) is 4.21. The van der Waals surface area contributed by atoms with Gasteiger partial charge < -0.3 is 4.74 Å². The molecule has 5 rings (SSSR count). The summed E-state index contributed by atoms with van der Waals surface area (Å²) in [6.07, 6.45) is 6.35. The topological polar surface area (TPSA) is 30.3 Å². The van der Waals surface area contributed by atoms with Crippen molar-refractivity contribution in [3.05, 3.63) is 66.4 Å². The van der Waals surface area contributed by atoms with Crippen molar-refractivity contribution >= 4 is 0 Å². The largest absolute Gasteiger partial charge is 0.457 e. The molecule has 1 aliphatic carbocycles. The molecule has 138 valence electrons. The van der Waals surface area contributed by atoms with E-state index in [-0.39, 0.29) is 0 Å². The van der Waals surface area contributed by atoms with E-state index in [1.165, 1.54) is 31.4 Å². The number of rotatable bonds is 5. The van der Waals surface area contributed by atoms with Crippen molar-refractivity contribution in [2.24, 2.45) is 13.0 Å². The fourth-order valence-corrected chi connectivity index (χ4v) is 4.64. The lowest BCUT2D eigenvalue weighted by molar-refractivity contribution is 0.205. The minimum absolute atomic E-state index is 0.782. The van der Waals surface area contributed by atoms with Gasteiger partial charge in [0.25, 0.3) is 0 Å². The standard InChI is InChI=1S/C23H25N3O/c1-25-15-19(16-26-14-17-7-10-20(26)13-17)23(24-25)18-8-11-22(12-9-18)27-21-5-3-2-4-6-21/h2-6,8-9,11-12,15,17,20H,7,10,13-14,16H2,1H3/t17-,20-/m1/s1. The molecule has 0 spiro atoms. The summed E-state index contributed by atoms with van der Waals surface area (Å²) in [5.74, 6) is 2.62. The monoisotopic (exact) mass is 359 g/mol. The highest BCUT2D eigenvalue weighted by atomic mass is 16.5. The number of hydrogen-bond donors (Lipinski definition) is 0. The summed E-state index contributed by atoms with van der Waals surface area (Å²) >= 11 is 0. The summed E-state index contributed by atoms with van der Waals surface area (Å²) in [5, 5.41) is 4.75. The second-order valence-corrected chi connectivity index (χ2v) is 7.88. The Hall–Kier alpha value is -2.59. The average Bonchev–Trinajstić information content (AvgIpc) is 3.39. The van der Waals surface area contributed by atoms with Crippen LogP contribution in [0.2, 0.25) is 0 Å². The van der Waals surface area contributed by atoms with E-state index in [2.05, 4.69) is 23.2 Å². The van der Waals surface area contributed by atoms with Crippen LogP contribution in [0, 0.1) is 5.92 Å². The second kappa shape index (κ2) is 6.86. The summed E-state index contributed by atoms with van der Waals surface area (Å²) in [4.78, 5) is 2.65. The fraction of sp³-hybridized carbons (Fsp3) is 0.348. The summed E-state index contributed by atoms with van der Waals surface area (Å²) < 4.78 is 7.85. The summed E-state index contributed by atoms with van der Waals surface area (Å²) in [7, 11) is 2.01. The summed E-state index contributed by atoms with van der Waals surface area (Å²) in [5.41, 5.74) is 3.56. The number of nitrogens with zero attached hydrogens (tertiary/aromatic N) is 3. The van der Waals surface area contributed by atoms with Gasteiger partial charge in [0, 0.05) is 43.5 Å². The first-order chi connectivity index (χ1) is 13.2. The van der Waals surface area contributed by atoms with Crippen molar-refractivity contribution in [1.29, 1.82) is 0 Å². The third-order valence-corrected chi connectivity index (χ3v) is 5.91. The lowest BCUT2D eigenvalue weighted by Gasteiger charge is -2.26. The molecule has 2 atom stereocenters. The molecule has 2 heterocycles. The van der Waals surface area contributed by atoms with Gasteiger partial charge in [-0.25, -0.2) is 0 Å². The maximum absolute atomic E-state index is 5.91. The SMILES string of the molecule is Cn1cc(CN2C[C@@H]3CC[C@@H]2C3)c(-c2ccc(Oc3ccccc3)cc2)n1. The quantitative estimate of drug-likeness (QED) is 0.651. The molecule has 2 bridgehead atoms. The van der Waals surface area contributed by atoms with Crippen molar-refractivity contribution in [1.82, 2.24) is 14.7 Å². The molecule has 2 fully saturated rings. The predicted octanol–water partition coefficient (Wildman–Crippen LogP) is 4.86. The average molecular weight is 359 g/mol. The molecule has 3 aromatic rings. The van der Waals surface area contributed by atoms with Crippen molar-refractivity contribution in [3.8, 4) is 22.8 Å². The molecular weight excluding hydrogens is 334 g/mol. The zero-order valence-electron chi connectivity index (χ0n) is 15.7. The van der Waals surface area contributed by atoms with Gasteiger partial charge in [0.2, 0.25) is 0 Å². The number of para-hydroxylation sites is 1. The van der Waals surface area contributed by atoms with E-state index < -0.39 is 0 Å². The first-order valence-corrected chi connectivity index (χ1v) is 9.84. The molecule has 1 aliphatic heterocycles. The Bertz CT molecular complexity index is 917. The Balaban J connectivity index is 1.35. The number of fused-ring (bicyclic) bond motifs is 2. The molecule has 1 saturated heterocycles. The zero-order chi connectivity index (χ0) is 18.2. The number of ether oxygens (including phenoxy) is 1. The fourth-order valence-electron chi connectivity index (χ4n) is 4.64. The number of aryl methyl sites for hydroxylation is 1. The van der Waals surface area contributed by atoms with E-state index in [4.69, 9.17) is 9.84 Å². The van der Waals surface area contributed by atoms with Gasteiger partial charge in [0.05, 0.1) is 5.69 Å². The highest BCUT2D eigenvalue weighted by Gasteiger charge is 2.37. The highest BCUT2D eigenvalue weighted by Crippen LogP contribution is 2.39. The molecular formula is C23H25N3O. The second-order valence-electron chi connectivity index (χ2n) is 7.88. The maximum atomic E-state index is 5.91. The normalized spacial score (nSPS) is 21.7. The van der Waals surface area contributed by atoms with Crippen molar-refractivity contribution in [2.75, 3.05) is 6.54 Å². The lowest BCUT2D eigenvalue weighted by atomic mass is 10.1. The molecule has 2 aromatic carbocycles. The predicted molar refractivity (Wildman–Crippen MR) is 107 cm³/mol. The van der Waals surface area contributed by atoms with E-state index in [9.17, 15) is 0 Å². The molecule has 1 aromatic heterocycles. The molecule has 0 radical (unpaired) electrons. The Labute approximate surface area is 160 Å². The van der Waals surface area contributed by atoms with Gasteiger partial charge in [-0.2, -0.15) is 5.10 Å². The van der Waals surface area contributed by atoms with E-state index in [0.717, 1.165) is 41.3 Å². The molecule has 0 N–H and O–H groups in total. The number of benzene rings is 2. The van der Waals surface area contributed by atoms with Crippen molar-refractivity contribution < 1.29 is 4.74 Å². The molecule has 0 unspecified atom stereocenters. The first-order valence-electron chi connectivity index (χ1n) is 9.84. The van der Waals surface area contributed by atoms with Crippen LogP contribution in [0.3, 0.4) is 0 Å². The number of aromatic nitrogens is 2.